The predicted octanol–water partition coefficient (Wildman–Crippen LogP) is 3.18. The first kappa shape index (κ1) is 17.4. The fraction of sp³-hybridized carbons (Fsp3) is 0.375. The van der Waals surface area contributed by atoms with Gasteiger partial charge in [-0.15, -0.1) is 22.7 Å². The number of urea groups is 1. The van der Waals surface area contributed by atoms with Gasteiger partial charge in [0.05, 0.1) is 14.9 Å². The van der Waals surface area contributed by atoms with Gasteiger partial charge in [0.1, 0.15) is 12.1 Å². The van der Waals surface area contributed by atoms with Gasteiger partial charge in [-0.1, -0.05) is 11.6 Å². The van der Waals surface area contributed by atoms with Gasteiger partial charge in [-0.3, -0.25) is 14.5 Å². The highest BCUT2D eigenvalue weighted by Crippen LogP contribution is 2.42. The van der Waals surface area contributed by atoms with E-state index >= 15 is 0 Å². The van der Waals surface area contributed by atoms with Crippen LogP contribution in [-0.2, 0) is 9.59 Å². The van der Waals surface area contributed by atoms with Crippen LogP contribution < -0.4 is 10.6 Å². The quantitative estimate of drug-likeness (QED) is 0.740. The molecule has 2 aromatic rings. The third kappa shape index (κ3) is 3.10. The van der Waals surface area contributed by atoms with Crippen molar-refractivity contribution in [2.24, 2.45) is 5.92 Å². The van der Waals surface area contributed by atoms with Gasteiger partial charge in [-0.25, -0.2) is 9.78 Å². The van der Waals surface area contributed by atoms with Crippen molar-refractivity contribution in [1.82, 2.24) is 15.2 Å². The van der Waals surface area contributed by atoms with Gasteiger partial charge in [0.25, 0.3) is 5.91 Å². The molecule has 0 unspecified atom stereocenters. The van der Waals surface area contributed by atoms with Crippen molar-refractivity contribution >= 4 is 57.3 Å². The van der Waals surface area contributed by atoms with Gasteiger partial charge in [-0.2, -0.15) is 0 Å². The first-order chi connectivity index (χ1) is 12.4. The molecule has 0 bridgehead atoms. The average Bonchev–Trinajstić information content (AvgIpc) is 3.15. The number of thiazole rings is 1. The van der Waals surface area contributed by atoms with Crippen LogP contribution in [0.1, 0.15) is 19.8 Å². The molecule has 0 spiro atoms. The van der Waals surface area contributed by atoms with Gasteiger partial charge in [0.2, 0.25) is 5.91 Å². The zero-order chi connectivity index (χ0) is 18.5. The summed E-state index contributed by atoms with van der Waals surface area (Å²) in [7, 11) is 0. The molecule has 1 aliphatic carbocycles. The van der Waals surface area contributed by atoms with Gasteiger partial charge >= 0.3 is 6.03 Å². The van der Waals surface area contributed by atoms with Crippen LogP contribution in [0.4, 0.5) is 9.93 Å². The molecule has 4 amide bonds. The lowest BCUT2D eigenvalue weighted by atomic mass is 9.96. The lowest BCUT2D eigenvalue weighted by Gasteiger charge is -2.20. The highest BCUT2D eigenvalue weighted by molar-refractivity contribution is 7.20. The van der Waals surface area contributed by atoms with Crippen LogP contribution in [-0.4, -0.2) is 39.8 Å². The molecular formula is C16H15ClN4O3S2. The van der Waals surface area contributed by atoms with E-state index in [-0.39, 0.29) is 18.4 Å². The van der Waals surface area contributed by atoms with Crippen LogP contribution in [0.25, 0.3) is 10.6 Å². The first-order valence-corrected chi connectivity index (χ1v) is 10.1. The molecule has 10 heteroatoms. The van der Waals surface area contributed by atoms with Crippen molar-refractivity contribution in [3.8, 4) is 10.6 Å². The average molecular weight is 411 g/mol. The Bertz CT molecular complexity index is 907. The van der Waals surface area contributed by atoms with Crippen LogP contribution in [0.3, 0.4) is 0 Å². The normalized spacial score (nSPS) is 22.6. The van der Waals surface area contributed by atoms with E-state index < -0.39 is 17.5 Å². The molecule has 26 heavy (non-hydrogen) atoms. The fourth-order valence-electron chi connectivity index (χ4n) is 3.00. The molecular weight excluding hydrogens is 396 g/mol. The summed E-state index contributed by atoms with van der Waals surface area (Å²) in [6.45, 7) is 1.40. The summed E-state index contributed by atoms with van der Waals surface area (Å²) in [6.07, 6.45) is 1.83. The SMILES string of the molecule is C[C@@]1(C2CC2)NC(=O)N(CC(=O)Nc2nc(-c3ccc(Cl)s3)cs2)C1=O. The lowest BCUT2D eigenvalue weighted by Crippen LogP contribution is -2.46. The summed E-state index contributed by atoms with van der Waals surface area (Å²) in [6, 6.07) is 3.13. The Morgan fingerprint density at radius 1 is 1.46 bits per heavy atom. The van der Waals surface area contributed by atoms with E-state index in [0.29, 0.717) is 9.47 Å². The molecule has 1 atom stereocenters. The monoisotopic (exact) mass is 410 g/mol. The lowest BCUT2D eigenvalue weighted by molar-refractivity contribution is -0.134. The molecule has 2 N–H and O–H groups in total. The Labute approximate surface area is 162 Å². The second-order valence-electron chi connectivity index (χ2n) is 6.49. The molecule has 0 radical (unpaired) electrons. The number of thiophene rings is 1. The number of anilines is 1. The first-order valence-electron chi connectivity index (χ1n) is 8.02. The highest BCUT2D eigenvalue weighted by Gasteiger charge is 2.56. The molecule has 2 aromatic heterocycles. The largest absolute Gasteiger partial charge is 0.325 e. The zero-order valence-corrected chi connectivity index (χ0v) is 16.1. The third-order valence-corrected chi connectivity index (χ3v) is 6.58. The summed E-state index contributed by atoms with van der Waals surface area (Å²) >= 11 is 8.59. The maximum atomic E-state index is 12.5. The number of aromatic nitrogens is 1. The molecule has 3 heterocycles. The Morgan fingerprint density at radius 3 is 2.88 bits per heavy atom. The predicted molar refractivity (Wildman–Crippen MR) is 100 cm³/mol. The summed E-state index contributed by atoms with van der Waals surface area (Å²) in [5, 5.41) is 7.59. The molecule has 2 fully saturated rings. The number of nitrogens with zero attached hydrogens (tertiary/aromatic N) is 2. The Kier molecular flexibility index (Phi) is 4.25. The molecule has 4 rings (SSSR count). The van der Waals surface area contributed by atoms with E-state index in [2.05, 4.69) is 15.6 Å². The van der Waals surface area contributed by atoms with E-state index in [1.54, 1.807) is 13.0 Å². The minimum atomic E-state index is -0.885. The number of carbonyl (C=O) groups excluding carboxylic acids is 3. The second-order valence-corrected chi connectivity index (χ2v) is 9.06. The second kappa shape index (κ2) is 6.33. The number of hydrogen-bond donors (Lipinski definition) is 2. The number of rotatable bonds is 5. The van der Waals surface area contributed by atoms with Crippen LogP contribution >= 0.6 is 34.3 Å². The Balaban J connectivity index is 1.41. The van der Waals surface area contributed by atoms with Crippen molar-refractivity contribution < 1.29 is 14.4 Å². The molecule has 136 valence electrons. The minimum absolute atomic E-state index is 0.158. The van der Waals surface area contributed by atoms with Crippen molar-refractivity contribution in [3.63, 3.8) is 0 Å². The number of carbonyl (C=O) groups is 3. The van der Waals surface area contributed by atoms with E-state index in [9.17, 15) is 14.4 Å². The molecule has 1 saturated heterocycles. The highest BCUT2D eigenvalue weighted by atomic mass is 35.5. The maximum Gasteiger partial charge on any atom is 0.325 e. The number of nitrogens with one attached hydrogen (secondary N) is 2. The standard InChI is InChI=1S/C16H15ClN4O3S2/c1-16(8-2-3-8)13(23)21(15(24)20-16)6-12(22)19-14-18-9(7-25-14)10-4-5-11(17)26-10/h4-5,7-8H,2-3,6H2,1H3,(H,20,24)(H,18,19,22)/t16-/m0/s1. The van der Waals surface area contributed by atoms with E-state index in [1.165, 1.54) is 22.7 Å². The van der Waals surface area contributed by atoms with Gasteiger partial charge in [-0.05, 0) is 37.8 Å². The van der Waals surface area contributed by atoms with Crippen molar-refractivity contribution in [1.29, 1.82) is 0 Å². The van der Waals surface area contributed by atoms with E-state index in [4.69, 9.17) is 11.6 Å². The van der Waals surface area contributed by atoms with Crippen LogP contribution in [0.2, 0.25) is 4.34 Å². The van der Waals surface area contributed by atoms with E-state index in [0.717, 1.165) is 28.3 Å². The Morgan fingerprint density at radius 2 is 2.23 bits per heavy atom. The molecule has 0 aromatic carbocycles. The molecule has 2 aliphatic rings. The minimum Gasteiger partial charge on any atom is -0.323 e. The third-order valence-electron chi connectivity index (χ3n) is 4.57. The number of hydrogen-bond acceptors (Lipinski definition) is 6. The summed E-state index contributed by atoms with van der Waals surface area (Å²) < 4.78 is 0.663. The van der Waals surface area contributed by atoms with Crippen LogP contribution in [0, 0.1) is 5.92 Å². The maximum absolute atomic E-state index is 12.5. The molecule has 1 aliphatic heterocycles. The molecule has 1 saturated carbocycles. The summed E-state index contributed by atoms with van der Waals surface area (Å²) in [5.74, 6) is -0.641. The number of imide groups is 1. The molecule has 7 nitrogen and oxygen atoms in total. The van der Waals surface area contributed by atoms with Crippen molar-refractivity contribution in [2.75, 3.05) is 11.9 Å². The Hall–Kier alpha value is -1.97. The number of amides is 4. The van der Waals surface area contributed by atoms with Crippen molar-refractivity contribution in [2.45, 2.75) is 25.3 Å². The summed E-state index contributed by atoms with van der Waals surface area (Å²) in [4.78, 5) is 43.1. The van der Waals surface area contributed by atoms with E-state index in [1.807, 2.05) is 11.4 Å². The van der Waals surface area contributed by atoms with Gasteiger partial charge in [0.15, 0.2) is 5.13 Å². The number of halogens is 1. The smallest absolute Gasteiger partial charge is 0.323 e. The van der Waals surface area contributed by atoms with Crippen LogP contribution in [0.15, 0.2) is 17.5 Å². The fourth-order valence-corrected chi connectivity index (χ4v) is 4.80. The van der Waals surface area contributed by atoms with Gasteiger partial charge < -0.3 is 10.6 Å². The topological polar surface area (TPSA) is 91.4 Å². The summed E-state index contributed by atoms with van der Waals surface area (Å²) in [5.41, 5.74) is -0.164. The van der Waals surface area contributed by atoms with Gasteiger partial charge in [0, 0.05) is 5.38 Å². The van der Waals surface area contributed by atoms with Crippen LogP contribution in [0.5, 0.6) is 0 Å². The zero-order valence-electron chi connectivity index (χ0n) is 13.7. The van der Waals surface area contributed by atoms with Crippen molar-refractivity contribution in [3.05, 3.63) is 21.8 Å².